The summed E-state index contributed by atoms with van der Waals surface area (Å²) < 4.78 is 12.6. The van der Waals surface area contributed by atoms with Crippen LogP contribution in [0.2, 0.25) is 0 Å². The van der Waals surface area contributed by atoms with Crippen molar-refractivity contribution in [3.63, 3.8) is 0 Å². The molecule has 0 bridgehead atoms. The van der Waals surface area contributed by atoms with Crippen molar-refractivity contribution in [3.05, 3.63) is 16.8 Å². The molecular formula is C14H19BO2S. The van der Waals surface area contributed by atoms with Crippen molar-refractivity contribution in [2.75, 3.05) is 0 Å². The Labute approximate surface area is 113 Å². The topological polar surface area (TPSA) is 18.5 Å². The Bertz CT molecular complexity index is 472. The minimum atomic E-state index is -0.138. The predicted molar refractivity (Wildman–Crippen MR) is 74.1 cm³/mol. The van der Waals surface area contributed by atoms with Crippen LogP contribution in [-0.4, -0.2) is 18.8 Å². The quantitative estimate of drug-likeness (QED) is 0.724. The van der Waals surface area contributed by atoms with Gasteiger partial charge in [-0.2, -0.15) is 11.3 Å². The molecule has 0 unspecified atom stereocenters. The first-order valence-corrected chi connectivity index (χ1v) is 7.83. The molecule has 2 nitrogen and oxygen atoms in total. The molecule has 2 saturated carbocycles. The standard InChI is InChI=1S/C14H19BO2S/c1-13(2)10-4-5-11-14(3,12(10)13)17-15(16-11)9-6-7-18-8-9/h6-8,10-12H,4-5H2,1-3H3/t10-,11+,12+,14+/m0/s1. The van der Waals surface area contributed by atoms with E-state index in [1.54, 1.807) is 11.3 Å². The van der Waals surface area contributed by atoms with E-state index in [9.17, 15) is 0 Å². The third-order valence-corrected chi connectivity index (χ3v) is 6.21. The van der Waals surface area contributed by atoms with E-state index in [1.165, 1.54) is 11.9 Å². The van der Waals surface area contributed by atoms with Crippen LogP contribution in [0.3, 0.4) is 0 Å². The van der Waals surface area contributed by atoms with Gasteiger partial charge < -0.3 is 9.31 Å². The van der Waals surface area contributed by atoms with Gasteiger partial charge in [0.25, 0.3) is 0 Å². The molecule has 3 aliphatic rings. The number of thiophene rings is 1. The summed E-state index contributed by atoms with van der Waals surface area (Å²) in [6.45, 7) is 7.05. The Morgan fingerprint density at radius 2 is 2.17 bits per heavy atom. The van der Waals surface area contributed by atoms with Crippen LogP contribution in [0.1, 0.15) is 33.6 Å². The Kier molecular flexibility index (Phi) is 2.18. The van der Waals surface area contributed by atoms with Crippen molar-refractivity contribution >= 4 is 23.9 Å². The predicted octanol–water partition coefficient (Wildman–Crippen LogP) is 2.68. The summed E-state index contributed by atoms with van der Waals surface area (Å²) in [4.78, 5) is 0. The molecule has 4 heteroatoms. The minimum absolute atomic E-state index is 0.0704. The van der Waals surface area contributed by atoms with E-state index in [2.05, 4.69) is 37.6 Å². The SMILES string of the molecule is CC1(C)[C@H]2[C@@H]1CC[C@H]1OB(c3ccsc3)O[C@@]21C. The average molecular weight is 262 g/mol. The highest BCUT2D eigenvalue weighted by atomic mass is 32.1. The van der Waals surface area contributed by atoms with Gasteiger partial charge in [-0.05, 0) is 53.2 Å². The summed E-state index contributed by atoms with van der Waals surface area (Å²) in [5.74, 6) is 1.51. The largest absolute Gasteiger partial charge is 0.495 e. The van der Waals surface area contributed by atoms with Gasteiger partial charge in [0, 0.05) is 0 Å². The fraction of sp³-hybridized carbons (Fsp3) is 0.714. The summed E-state index contributed by atoms with van der Waals surface area (Å²) in [7, 11) is -0.138. The maximum Gasteiger partial charge on any atom is 0.495 e. The van der Waals surface area contributed by atoms with Gasteiger partial charge >= 0.3 is 7.12 Å². The number of rotatable bonds is 1. The second-order valence-corrected chi connectivity index (χ2v) is 7.58. The third-order valence-electron chi connectivity index (χ3n) is 5.51. The zero-order valence-electron chi connectivity index (χ0n) is 11.2. The molecule has 0 radical (unpaired) electrons. The van der Waals surface area contributed by atoms with Crippen LogP contribution in [0.15, 0.2) is 16.8 Å². The van der Waals surface area contributed by atoms with Gasteiger partial charge in [0.1, 0.15) is 0 Å². The lowest BCUT2D eigenvalue weighted by Crippen LogP contribution is -2.43. The van der Waals surface area contributed by atoms with Gasteiger partial charge in [0.15, 0.2) is 0 Å². The van der Waals surface area contributed by atoms with E-state index in [1.807, 2.05) is 0 Å². The molecule has 1 aromatic rings. The van der Waals surface area contributed by atoms with E-state index in [4.69, 9.17) is 9.31 Å². The van der Waals surface area contributed by atoms with Gasteiger partial charge in [-0.15, -0.1) is 0 Å². The van der Waals surface area contributed by atoms with Crippen molar-refractivity contribution in [2.24, 2.45) is 17.3 Å². The van der Waals surface area contributed by atoms with Gasteiger partial charge in [-0.1, -0.05) is 19.9 Å². The van der Waals surface area contributed by atoms with Crippen molar-refractivity contribution in [2.45, 2.75) is 45.3 Å². The Morgan fingerprint density at radius 1 is 1.33 bits per heavy atom. The lowest BCUT2D eigenvalue weighted by molar-refractivity contribution is 0.000212. The summed E-state index contributed by atoms with van der Waals surface area (Å²) in [5.41, 5.74) is 1.56. The molecule has 18 heavy (non-hydrogen) atoms. The van der Waals surface area contributed by atoms with Crippen molar-refractivity contribution in [1.82, 2.24) is 0 Å². The molecular weight excluding hydrogens is 243 g/mol. The molecule has 2 heterocycles. The molecule has 96 valence electrons. The molecule has 1 saturated heterocycles. The van der Waals surface area contributed by atoms with E-state index in [0.29, 0.717) is 11.3 Å². The Morgan fingerprint density at radius 3 is 2.89 bits per heavy atom. The first-order chi connectivity index (χ1) is 8.53. The average Bonchev–Trinajstić information content (AvgIpc) is 2.77. The molecule has 0 amide bonds. The van der Waals surface area contributed by atoms with Gasteiger partial charge in [-0.3, -0.25) is 0 Å². The molecule has 2 aliphatic carbocycles. The highest BCUT2D eigenvalue weighted by Crippen LogP contribution is 2.70. The Hall–Kier alpha value is -0.315. The van der Waals surface area contributed by atoms with Crippen LogP contribution >= 0.6 is 11.3 Å². The van der Waals surface area contributed by atoms with Crippen molar-refractivity contribution < 1.29 is 9.31 Å². The summed E-state index contributed by atoms with van der Waals surface area (Å²) >= 11 is 1.71. The highest BCUT2D eigenvalue weighted by molar-refractivity contribution is 7.09. The van der Waals surface area contributed by atoms with Gasteiger partial charge in [-0.25, -0.2) is 0 Å². The number of hydrogen-bond donors (Lipinski definition) is 0. The number of fused-ring (bicyclic) bond motifs is 3. The van der Waals surface area contributed by atoms with E-state index < -0.39 is 0 Å². The normalized spacial score (nSPS) is 44.6. The minimum Gasteiger partial charge on any atom is -0.401 e. The lowest BCUT2D eigenvalue weighted by Gasteiger charge is -2.34. The second-order valence-electron chi connectivity index (χ2n) is 6.80. The van der Waals surface area contributed by atoms with E-state index in [-0.39, 0.29) is 18.8 Å². The Balaban J connectivity index is 1.64. The molecule has 0 N–H and O–H groups in total. The first kappa shape index (κ1) is 11.5. The van der Waals surface area contributed by atoms with Crippen molar-refractivity contribution in [3.8, 4) is 0 Å². The lowest BCUT2D eigenvalue weighted by atomic mass is 9.81. The smallest absolute Gasteiger partial charge is 0.401 e. The molecule has 4 rings (SSSR count). The zero-order valence-corrected chi connectivity index (χ0v) is 12.0. The second kappa shape index (κ2) is 3.41. The van der Waals surface area contributed by atoms with Crippen LogP contribution < -0.4 is 5.46 Å². The van der Waals surface area contributed by atoms with Crippen molar-refractivity contribution in [1.29, 1.82) is 0 Å². The summed E-state index contributed by atoms with van der Waals surface area (Å²) in [6, 6.07) is 2.12. The first-order valence-electron chi connectivity index (χ1n) is 6.89. The molecule has 0 aromatic carbocycles. The van der Waals surface area contributed by atoms with E-state index >= 15 is 0 Å². The molecule has 1 aliphatic heterocycles. The maximum absolute atomic E-state index is 6.37. The fourth-order valence-corrected chi connectivity index (χ4v) is 5.22. The summed E-state index contributed by atoms with van der Waals surface area (Å²) in [6.07, 6.45) is 2.74. The van der Waals surface area contributed by atoms with E-state index in [0.717, 1.165) is 12.3 Å². The molecule has 1 aromatic heterocycles. The maximum atomic E-state index is 6.37. The van der Waals surface area contributed by atoms with Gasteiger partial charge in [0.05, 0.1) is 11.7 Å². The zero-order chi connectivity index (χ0) is 12.5. The molecule has 4 atom stereocenters. The van der Waals surface area contributed by atoms with Crippen LogP contribution in [0.25, 0.3) is 0 Å². The summed E-state index contributed by atoms with van der Waals surface area (Å²) in [5, 5.41) is 4.23. The highest BCUT2D eigenvalue weighted by Gasteiger charge is 2.72. The molecule has 3 fully saturated rings. The third kappa shape index (κ3) is 1.32. The van der Waals surface area contributed by atoms with Crippen LogP contribution in [-0.2, 0) is 9.31 Å². The monoisotopic (exact) mass is 262 g/mol. The number of hydrogen-bond acceptors (Lipinski definition) is 3. The van der Waals surface area contributed by atoms with Gasteiger partial charge in [0.2, 0.25) is 0 Å². The molecule has 0 spiro atoms. The van der Waals surface area contributed by atoms with Crippen LogP contribution in [0.4, 0.5) is 0 Å². The fourth-order valence-electron chi connectivity index (χ4n) is 4.55. The van der Waals surface area contributed by atoms with Crippen LogP contribution in [0.5, 0.6) is 0 Å². The van der Waals surface area contributed by atoms with Crippen LogP contribution in [0, 0.1) is 17.3 Å².